The Morgan fingerprint density at radius 3 is 2.50 bits per heavy atom. The molecule has 2 saturated heterocycles. The third-order valence-corrected chi connectivity index (χ3v) is 6.12. The van der Waals surface area contributed by atoms with Crippen LogP contribution in [0.2, 0.25) is 0 Å². The predicted molar refractivity (Wildman–Crippen MR) is 113 cm³/mol. The van der Waals surface area contributed by atoms with Crippen LogP contribution in [0.5, 0.6) is 11.5 Å². The van der Waals surface area contributed by atoms with Crippen LogP contribution in [0.3, 0.4) is 0 Å². The van der Waals surface area contributed by atoms with Crippen LogP contribution in [0, 0.1) is 0 Å². The smallest absolute Gasteiger partial charge is 0.142 e. The molecule has 1 atom stereocenters. The van der Waals surface area contributed by atoms with E-state index in [-0.39, 0.29) is 0 Å². The SMILES string of the molecule is COc1ccccc1N1CCN(C2CCCN(Cc3ccccc3O)C2)CC1. The molecule has 0 spiro atoms. The molecule has 0 aliphatic carbocycles. The molecule has 28 heavy (non-hydrogen) atoms. The van der Waals surface area contributed by atoms with Gasteiger partial charge < -0.3 is 14.7 Å². The fourth-order valence-electron chi connectivity index (χ4n) is 4.58. The summed E-state index contributed by atoms with van der Waals surface area (Å²) in [6.45, 7) is 7.30. The molecule has 5 heteroatoms. The highest BCUT2D eigenvalue weighted by Crippen LogP contribution is 2.29. The first kappa shape index (κ1) is 19.1. The Balaban J connectivity index is 1.33. The lowest BCUT2D eigenvalue weighted by atomic mass is 10.0. The molecule has 0 saturated carbocycles. The summed E-state index contributed by atoms with van der Waals surface area (Å²) < 4.78 is 5.54. The van der Waals surface area contributed by atoms with E-state index in [2.05, 4.69) is 26.8 Å². The van der Waals surface area contributed by atoms with E-state index in [1.165, 1.54) is 18.5 Å². The molecule has 2 aromatic carbocycles. The molecule has 1 N–H and O–H groups in total. The van der Waals surface area contributed by atoms with Gasteiger partial charge in [-0.05, 0) is 37.6 Å². The zero-order valence-electron chi connectivity index (χ0n) is 16.8. The van der Waals surface area contributed by atoms with Crippen LogP contribution in [-0.4, -0.2) is 67.3 Å². The van der Waals surface area contributed by atoms with Crippen molar-refractivity contribution in [2.24, 2.45) is 0 Å². The van der Waals surface area contributed by atoms with Gasteiger partial charge in [0.05, 0.1) is 12.8 Å². The maximum atomic E-state index is 10.1. The summed E-state index contributed by atoms with van der Waals surface area (Å²) in [6, 6.07) is 16.6. The Kier molecular flexibility index (Phi) is 6.03. The Labute approximate surface area is 168 Å². The number of hydrogen-bond acceptors (Lipinski definition) is 5. The molecule has 1 unspecified atom stereocenters. The number of piperazine rings is 1. The lowest BCUT2D eigenvalue weighted by molar-refractivity contribution is 0.0883. The number of likely N-dealkylation sites (tertiary alicyclic amines) is 1. The Morgan fingerprint density at radius 1 is 0.964 bits per heavy atom. The van der Waals surface area contributed by atoms with Gasteiger partial charge in [0.15, 0.2) is 0 Å². The highest BCUT2D eigenvalue weighted by Gasteiger charge is 2.29. The summed E-state index contributed by atoms with van der Waals surface area (Å²) in [5, 5.41) is 10.1. The standard InChI is InChI=1S/C23H31N3O2/c1-28-23-11-5-3-9-21(23)26-15-13-25(14-16-26)20-8-6-12-24(18-20)17-19-7-2-4-10-22(19)27/h2-5,7,9-11,20,27H,6,8,12-18H2,1H3. The van der Waals surface area contributed by atoms with Gasteiger partial charge in [0.2, 0.25) is 0 Å². The molecule has 4 rings (SSSR count). The maximum Gasteiger partial charge on any atom is 0.142 e. The number of aromatic hydroxyl groups is 1. The number of benzene rings is 2. The molecule has 0 radical (unpaired) electrons. The van der Waals surface area contributed by atoms with Gasteiger partial charge in [0, 0.05) is 50.9 Å². The number of piperidine rings is 1. The second-order valence-corrected chi connectivity index (χ2v) is 7.85. The molecule has 5 nitrogen and oxygen atoms in total. The van der Waals surface area contributed by atoms with Gasteiger partial charge in [-0.1, -0.05) is 30.3 Å². The van der Waals surface area contributed by atoms with Gasteiger partial charge in [-0.15, -0.1) is 0 Å². The quantitative estimate of drug-likeness (QED) is 0.861. The van der Waals surface area contributed by atoms with Crippen molar-refractivity contribution in [3.63, 3.8) is 0 Å². The van der Waals surface area contributed by atoms with Gasteiger partial charge in [0.1, 0.15) is 11.5 Å². The van der Waals surface area contributed by atoms with E-state index in [4.69, 9.17) is 4.74 Å². The minimum Gasteiger partial charge on any atom is -0.508 e. The first-order valence-electron chi connectivity index (χ1n) is 10.4. The Hall–Kier alpha value is -2.24. The minimum atomic E-state index is 0.412. The second-order valence-electron chi connectivity index (χ2n) is 7.85. The number of phenolic OH excluding ortho intramolecular Hbond substituents is 1. The van der Waals surface area contributed by atoms with Gasteiger partial charge in [-0.25, -0.2) is 0 Å². The van der Waals surface area contributed by atoms with Crippen LogP contribution in [-0.2, 0) is 6.54 Å². The number of phenols is 1. The number of rotatable bonds is 5. The van der Waals surface area contributed by atoms with Crippen molar-refractivity contribution < 1.29 is 9.84 Å². The maximum absolute atomic E-state index is 10.1. The summed E-state index contributed by atoms with van der Waals surface area (Å²) in [5.41, 5.74) is 2.23. The zero-order chi connectivity index (χ0) is 19.3. The van der Waals surface area contributed by atoms with Gasteiger partial charge in [-0.2, -0.15) is 0 Å². The summed E-state index contributed by atoms with van der Waals surface area (Å²) >= 11 is 0. The molecular formula is C23H31N3O2. The van der Waals surface area contributed by atoms with Crippen LogP contribution < -0.4 is 9.64 Å². The van der Waals surface area contributed by atoms with Gasteiger partial charge in [0.25, 0.3) is 0 Å². The lowest BCUT2D eigenvalue weighted by Gasteiger charge is -2.44. The Morgan fingerprint density at radius 2 is 1.71 bits per heavy atom. The summed E-state index contributed by atoms with van der Waals surface area (Å²) in [6.07, 6.45) is 2.50. The second kappa shape index (κ2) is 8.84. The minimum absolute atomic E-state index is 0.412. The fourth-order valence-corrected chi connectivity index (χ4v) is 4.58. The van der Waals surface area contributed by atoms with E-state index in [1.54, 1.807) is 13.2 Å². The van der Waals surface area contributed by atoms with Gasteiger partial charge >= 0.3 is 0 Å². The Bertz CT molecular complexity index is 774. The number of nitrogens with zero attached hydrogens (tertiary/aromatic N) is 3. The van der Waals surface area contributed by atoms with Crippen LogP contribution >= 0.6 is 0 Å². The van der Waals surface area contributed by atoms with Crippen molar-refractivity contribution in [3.8, 4) is 11.5 Å². The van der Waals surface area contributed by atoms with Crippen LogP contribution in [0.1, 0.15) is 18.4 Å². The normalized spacial score (nSPS) is 21.6. The third kappa shape index (κ3) is 4.26. The highest BCUT2D eigenvalue weighted by atomic mass is 16.5. The number of para-hydroxylation sites is 3. The van der Waals surface area contributed by atoms with Crippen molar-refractivity contribution in [1.29, 1.82) is 0 Å². The number of ether oxygens (including phenoxy) is 1. The molecule has 2 aliphatic rings. The molecule has 0 amide bonds. The molecule has 2 aromatic rings. The topological polar surface area (TPSA) is 39.2 Å². The molecule has 2 fully saturated rings. The van der Waals surface area contributed by atoms with E-state index >= 15 is 0 Å². The van der Waals surface area contributed by atoms with Crippen LogP contribution in [0.25, 0.3) is 0 Å². The fraction of sp³-hybridized carbons (Fsp3) is 0.478. The first-order valence-corrected chi connectivity index (χ1v) is 10.4. The van der Waals surface area contributed by atoms with Gasteiger partial charge in [-0.3, -0.25) is 9.80 Å². The van der Waals surface area contributed by atoms with Crippen LogP contribution in [0.15, 0.2) is 48.5 Å². The predicted octanol–water partition coefficient (Wildman–Crippen LogP) is 3.19. The monoisotopic (exact) mass is 381 g/mol. The first-order chi connectivity index (χ1) is 13.7. The van der Waals surface area contributed by atoms with Crippen molar-refractivity contribution in [1.82, 2.24) is 9.80 Å². The summed E-state index contributed by atoms with van der Waals surface area (Å²) in [4.78, 5) is 7.59. The molecule has 0 aromatic heterocycles. The molecular weight excluding hydrogens is 350 g/mol. The zero-order valence-corrected chi connectivity index (χ0v) is 16.8. The molecule has 0 bridgehead atoms. The van der Waals surface area contributed by atoms with Crippen molar-refractivity contribution >= 4 is 5.69 Å². The summed E-state index contributed by atoms with van der Waals surface area (Å²) in [7, 11) is 1.75. The van der Waals surface area contributed by atoms with Crippen molar-refractivity contribution in [2.75, 3.05) is 51.3 Å². The highest BCUT2D eigenvalue weighted by molar-refractivity contribution is 5.58. The number of methoxy groups -OCH3 is 1. The molecule has 150 valence electrons. The van der Waals surface area contributed by atoms with E-state index < -0.39 is 0 Å². The van der Waals surface area contributed by atoms with Crippen molar-refractivity contribution in [3.05, 3.63) is 54.1 Å². The largest absolute Gasteiger partial charge is 0.508 e. The number of anilines is 1. The summed E-state index contributed by atoms with van der Waals surface area (Å²) in [5.74, 6) is 1.37. The molecule has 2 heterocycles. The lowest BCUT2D eigenvalue weighted by Crippen LogP contribution is -2.55. The van der Waals surface area contributed by atoms with E-state index in [1.807, 2.05) is 30.3 Å². The average Bonchev–Trinajstić information content (AvgIpc) is 2.76. The molecule has 2 aliphatic heterocycles. The third-order valence-electron chi connectivity index (χ3n) is 6.12. The van der Waals surface area contributed by atoms with E-state index in [0.717, 1.165) is 57.1 Å². The van der Waals surface area contributed by atoms with Crippen molar-refractivity contribution in [2.45, 2.75) is 25.4 Å². The van der Waals surface area contributed by atoms with E-state index in [9.17, 15) is 5.11 Å². The van der Waals surface area contributed by atoms with E-state index in [0.29, 0.717) is 11.8 Å². The van der Waals surface area contributed by atoms with Crippen LogP contribution in [0.4, 0.5) is 5.69 Å². The average molecular weight is 382 g/mol. The number of hydrogen-bond donors (Lipinski definition) is 1.